The number of hydrogen-bond acceptors (Lipinski definition) is 1. The fourth-order valence-electron chi connectivity index (χ4n) is 1.51. The number of imidazole rings is 1. The normalized spacial score (nSPS) is 11.5. The smallest absolute Gasteiger partial charge is 0.0954 e. The van der Waals surface area contributed by atoms with E-state index < -0.39 is 0 Å². The zero-order valence-corrected chi connectivity index (χ0v) is 10.00. The van der Waals surface area contributed by atoms with Crippen LogP contribution in [0.25, 0.3) is 0 Å². The Labute approximate surface area is 100 Å². The minimum Gasteiger partial charge on any atom is -0.326 e. The molecule has 78 valence electrons. The fourth-order valence-corrected chi connectivity index (χ4v) is 1.51. The molecule has 0 saturated carbocycles. The van der Waals surface area contributed by atoms with E-state index in [1.807, 2.05) is 35.0 Å². The Morgan fingerprint density at radius 2 is 2.00 bits per heavy atom. The van der Waals surface area contributed by atoms with Crippen LogP contribution < -0.4 is 0 Å². The summed E-state index contributed by atoms with van der Waals surface area (Å²) in [4.78, 5) is 4.03. The highest BCUT2D eigenvalue weighted by atomic mass is 79.9. The summed E-state index contributed by atoms with van der Waals surface area (Å²) in [5.41, 5.74) is 1.22. The molecule has 1 aromatic carbocycles. The zero-order valence-electron chi connectivity index (χ0n) is 8.28. The summed E-state index contributed by atoms with van der Waals surface area (Å²) in [5.74, 6) is 0. The molecule has 1 atom stereocenters. The van der Waals surface area contributed by atoms with Crippen molar-refractivity contribution in [2.24, 2.45) is 0 Å². The summed E-state index contributed by atoms with van der Waals surface area (Å²) in [6, 6.07) is 10.4. The molecule has 3 heteroatoms. The molecule has 0 aliphatic carbocycles. The SMILES string of the molecule is Br.C=CC(c1ccccc1)n1ccnc1. The first-order valence-corrected chi connectivity index (χ1v) is 4.57. The molecular weight excluding hydrogens is 252 g/mol. The second kappa shape index (κ2) is 5.51. The Balaban J connectivity index is 0.00000112. The van der Waals surface area contributed by atoms with Crippen LogP contribution in [0.5, 0.6) is 0 Å². The average Bonchev–Trinajstić information content (AvgIpc) is 2.74. The quantitative estimate of drug-likeness (QED) is 0.779. The van der Waals surface area contributed by atoms with E-state index in [1.165, 1.54) is 5.56 Å². The first-order valence-electron chi connectivity index (χ1n) is 4.57. The molecule has 0 spiro atoms. The van der Waals surface area contributed by atoms with E-state index in [-0.39, 0.29) is 23.0 Å². The molecule has 0 fully saturated rings. The molecule has 0 amide bonds. The number of halogens is 1. The summed E-state index contributed by atoms with van der Waals surface area (Å²) in [7, 11) is 0. The predicted octanol–water partition coefficient (Wildman–Crippen LogP) is 3.24. The summed E-state index contributed by atoms with van der Waals surface area (Å²) < 4.78 is 2.03. The van der Waals surface area contributed by atoms with Gasteiger partial charge in [-0.2, -0.15) is 0 Å². The van der Waals surface area contributed by atoms with Crippen molar-refractivity contribution in [1.82, 2.24) is 9.55 Å². The molecule has 0 saturated heterocycles. The van der Waals surface area contributed by atoms with Crippen molar-refractivity contribution in [3.63, 3.8) is 0 Å². The van der Waals surface area contributed by atoms with Gasteiger partial charge in [-0.05, 0) is 5.56 Å². The lowest BCUT2D eigenvalue weighted by Gasteiger charge is -2.13. The molecule has 1 aromatic heterocycles. The van der Waals surface area contributed by atoms with Crippen LogP contribution >= 0.6 is 17.0 Å². The number of hydrogen-bond donors (Lipinski definition) is 0. The van der Waals surface area contributed by atoms with E-state index in [9.17, 15) is 0 Å². The molecule has 2 aromatic rings. The molecule has 0 bridgehead atoms. The van der Waals surface area contributed by atoms with Crippen molar-refractivity contribution in [2.45, 2.75) is 6.04 Å². The highest BCUT2D eigenvalue weighted by Crippen LogP contribution is 2.18. The van der Waals surface area contributed by atoms with Crippen LogP contribution in [-0.2, 0) is 0 Å². The third kappa shape index (κ3) is 2.57. The Kier molecular flexibility index (Phi) is 4.31. The molecule has 1 unspecified atom stereocenters. The van der Waals surface area contributed by atoms with Gasteiger partial charge in [-0.15, -0.1) is 23.6 Å². The van der Waals surface area contributed by atoms with E-state index in [0.29, 0.717) is 0 Å². The first kappa shape index (κ1) is 11.7. The molecule has 0 radical (unpaired) electrons. The van der Waals surface area contributed by atoms with Gasteiger partial charge < -0.3 is 4.57 Å². The average molecular weight is 265 g/mol. The van der Waals surface area contributed by atoms with E-state index >= 15 is 0 Å². The first-order chi connectivity index (χ1) is 6.92. The molecule has 15 heavy (non-hydrogen) atoms. The van der Waals surface area contributed by atoms with Crippen LogP contribution in [0.1, 0.15) is 11.6 Å². The van der Waals surface area contributed by atoms with Gasteiger partial charge in [0.2, 0.25) is 0 Å². The van der Waals surface area contributed by atoms with Crippen LogP contribution in [-0.4, -0.2) is 9.55 Å². The van der Waals surface area contributed by atoms with Gasteiger partial charge in [0, 0.05) is 12.4 Å². The van der Waals surface area contributed by atoms with Gasteiger partial charge in [-0.1, -0.05) is 36.4 Å². The Morgan fingerprint density at radius 1 is 1.27 bits per heavy atom. The molecule has 0 aliphatic heterocycles. The number of rotatable bonds is 3. The maximum atomic E-state index is 4.03. The summed E-state index contributed by atoms with van der Waals surface area (Å²) >= 11 is 0. The van der Waals surface area contributed by atoms with Gasteiger partial charge in [0.15, 0.2) is 0 Å². The summed E-state index contributed by atoms with van der Waals surface area (Å²) in [5, 5.41) is 0. The zero-order chi connectivity index (χ0) is 9.80. The van der Waals surface area contributed by atoms with Crippen molar-refractivity contribution in [2.75, 3.05) is 0 Å². The van der Waals surface area contributed by atoms with Crippen LogP contribution in [0, 0.1) is 0 Å². The maximum absolute atomic E-state index is 4.03. The van der Waals surface area contributed by atoms with E-state index in [0.717, 1.165) is 0 Å². The summed E-state index contributed by atoms with van der Waals surface area (Å²) in [6.45, 7) is 3.84. The van der Waals surface area contributed by atoms with Crippen molar-refractivity contribution < 1.29 is 0 Å². The van der Waals surface area contributed by atoms with Gasteiger partial charge in [0.1, 0.15) is 0 Å². The van der Waals surface area contributed by atoms with Crippen LogP contribution in [0.4, 0.5) is 0 Å². The second-order valence-electron chi connectivity index (χ2n) is 3.10. The Morgan fingerprint density at radius 3 is 2.53 bits per heavy atom. The molecule has 0 aliphatic rings. The van der Waals surface area contributed by atoms with Crippen LogP contribution in [0.3, 0.4) is 0 Å². The van der Waals surface area contributed by atoms with Gasteiger partial charge in [0.05, 0.1) is 12.4 Å². The van der Waals surface area contributed by atoms with Gasteiger partial charge in [-0.3, -0.25) is 0 Å². The molecule has 2 rings (SSSR count). The third-order valence-corrected chi connectivity index (χ3v) is 2.21. The number of allylic oxidation sites excluding steroid dienone is 1. The van der Waals surface area contributed by atoms with Crippen molar-refractivity contribution >= 4 is 17.0 Å². The Bertz CT molecular complexity index is 395. The number of benzene rings is 1. The number of nitrogens with zero attached hydrogens (tertiary/aromatic N) is 2. The van der Waals surface area contributed by atoms with Crippen LogP contribution in [0.15, 0.2) is 61.7 Å². The third-order valence-electron chi connectivity index (χ3n) is 2.21. The van der Waals surface area contributed by atoms with Crippen molar-refractivity contribution in [3.05, 3.63) is 67.3 Å². The highest BCUT2D eigenvalue weighted by molar-refractivity contribution is 8.93. The predicted molar refractivity (Wildman–Crippen MR) is 67.3 cm³/mol. The topological polar surface area (TPSA) is 17.8 Å². The second-order valence-corrected chi connectivity index (χ2v) is 3.10. The molecule has 2 nitrogen and oxygen atoms in total. The van der Waals surface area contributed by atoms with E-state index in [4.69, 9.17) is 0 Å². The van der Waals surface area contributed by atoms with Gasteiger partial charge in [0.25, 0.3) is 0 Å². The molecular formula is C12H13BrN2. The maximum Gasteiger partial charge on any atom is 0.0954 e. The fraction of sp³-hybridized carbons (Fsp3) is 0.0833. The Hall–Kier alpha value is -1.35. The van der Waals surface area contributed by atoms with Gasteiger partial charge in [-0.25, -0.2) is 4.98 Å². The standard InChI is InChI=1S/C12H12N2.BrH/c1-2-12(14-9-8-13-10-14)11-6-4-3-5-7-11;/h2-10,12H,1H2;1H. The van der Waals surface area contributed by atoms with Gasteiger partial charge >= 0.3 is 0 Å². The van der Waals surface area contributed by atoms with Crippen molar-refractivity contribution in [3.8, 4) is 0 Å². The minimum absolute atomic E-state index is 0. The highest BCUT2D eigenvalue weighted by Gasteiger charge is 2.06. The lowest BCUT2D eigenvalue weighted by molar-refractivity contribution is 0.700. The monoisotopic (exact) mass is 264 g/mol. The lowest BCUT2D eigenvalue weighted by atomic mass is 10.1. The molecule has 0 N–H and O–H groups in total. The van der Waals surface area contributed by atoms with E-state index in [1.54, 1.807) is 12.5 Å². The minimum atomic E-state index is 0. The number of aromatic nitrogens is 2. The van der Waals surface area contributed by atoms with Crippen molar-refractivity contribution in [1.29, 1.82) is 0 Å². The largest absolute Gasteiger partial charge is 0.326 e. The summed E-state index contributed by atoms with van der Waals surface area (Å²) in [6.07, 6.45) is 7.44. The lowest BCUT2D eigenvalue weighted by Crippen LogP contribution is -2.04. The molecule has 1 heterocycles. The van der Waals surface area contributed by atoms with Crippen LogP contribution in [0.2, 0.25) is 0 Å². The van der Waals surface area contributed by atoms with E-state index in [2.05, 4.69) is 23.7 Å².